The number of carbonyl (C=O) groups excluding carboxylic acids is 1. The number of nitrogens with zero attached hydrogens (tertiary/aromatic N) is 2. The number of pyridine rings is 1. The van der Waals surface area contributed by atoms with Gasteiger partial charge in [-0.1, -0.05) is 12.1 Å². The normalized spacial score (nSPS) is 10.8. The number of halogens is 2. The Kier molecular flexibility index (Phi) is 4.39. The number of rotatable bonds is 4. The molecule has 0 saturated carbocycles. The number of anilines is 1. The Bertz CT molecular complexity index is 895. The van der Waals surface area contributed by atoms with Crippen molar-refractivity contribution in [3.05, 3.63) is 54.1 Å². The summed E-state index contributed by atoms with van der Waals surface area (Å²) in [5, 5.41) is 5.09. The van der Waals surface area contributed by atoms with Gasteiger partial charge in [-0.25, -0.2) is 19.1 Å². The average molecular weight is 332 g/mol. The highest BCUT2D eigenvalue weighted by Crippen LogP contribution is 2.26. The van der Waals surface area contributed by atoms with E-state index in [0.29, 0.717) is 17.8 Å². The van der Waals surface area contributed by atoms with E-state index in [2.05, 4.69) is 20.6 Å². The molecule has 0 aliphatic carbocycles. The summed E-state index contributed by atoms with van der Waals surface area (Å²) in [6.45, 7) is 0.388. The maximum atomic E-state index is 14.1. The molecule has 0 bridgehead atoms. The van der Waals surface area contributed by atoms with Crippen LogP contribution in [0.5, 0.6) is 0 Å². The van der Waals surface area contributed by atoms with Crippen LogP contribution in [0.4, 0.5) is 19.5 Å². The highest BCUT2D eigenvalue weighted by Gasteiger charge is 2.12. The standard InChI is InChI=1S/C16H14F2N4O2/c1-19-7-12-11(3-2-4-13(12)17)10-5-6-15-20-14(9-22(15)8-10)21-16(23)24-18/h2-6,8-9,19H,7H2,1H3,(H,21,23). The topological polar surface area (TPSA) is 67.7 Å². The van der Waals surface area contributed by atoms with Crippen molar-refractivity contribution in [3.63, 3.8) is 0 Å². The zero-order chi connectivity index (χ0) is 17.1. The molecular formula is C16H14F2N4O2. The largest absolute Gasteiger partial charge is 0.450 e. The van der Waals surface area contributed by atoms with Crippen molar-refractivity contribution in [2.45, 2.75) is 6.54 Å². The summed E-state index contributed by atoms with van der Waals surface area (Å²) in [5.74, 6) is -0.148. The number of aromatic nitrogens is 2. The van der Waals surface area contributed by atoms with Gasteiger partial charge in [0.25, 0.3) is 0 Å². The molecule has 2 N–H and O–H groups in total. The summed E-state index contributed by atoms with van der Waals surface area (Å²) < 4.78 is 27.5. The van der Waals surface area contributed by atoms with Crippen molar-refractivity contribution in [1.82, 2.24) is 14.7 Å². The van der Waals surface area contributed by atoms with E-state index in [1.54, 1.807) is 35.8 Å². The quantitative estimate of drug-likeness (QED) is 0.769. The summed E-state index contributed by atoms with van der Waals surface area (Å²) in [4.78, 5) is 18.1. The molecule has 0 fully saturated rings. The number of fused-ring (bicyclic) bond motifs is 1. The van der Waals surface area contributed by atoms with Crippen LogP contribution in [0.1, 0.15) is 5.56 Å². The van der Waals surface area contributed by atoms with Crippen LogP contribution in [-0.2, 0) is 11.5 Å². The van der Waals surface area contributed by atoms with E-state index < -0.39 is 6.09 Å². The molecule has 0 spiro atoms. The molecule has 0 aliphatic rings. The molecule has 8 heteroatoms. The summed E-state index contributed by atoms with van der Waals surface area (Å²) in [6, 6.07) is 8.40. The van der Waals surface area contributed by atoms with Crippen molar-refractivity contribution < 1.29 is 18.7 Å². The predicted octanol–water partition coefficient (Wildman–Crippen LogP) is 3.29. The Morgan fingerprint density at radius 1 is 1.29 bits per heavy atom. The van der Waals surface area contributed by atoms with Crippen molar-refractivity contribution in [3.8, 4) is 11.1 Å². The van der Waals surface area contributed by atoms with Crippen LogP contribution >= 0.6 is 0 Å². The van der Waals surface area contributed by atoms with Crippen molar-refractivity contribution in [2.75, 3.05) is 12.4 Å². The summed E-state index contributed by atoms with van der Waals surface area (Å²) in [7, 11) is 1.75. The fourth-order valence-electron chi connectivity index (χ4n) is 2.52. The lowest BCUT2D eigenvalue weighted by Gasteiger charge is -2.11. The van der Waals surface area contributed by atoms with Gasteiger partial charge in [-0.05, 0) is 36.4 Å². The molecule has 2 aromatic heterocycles. The first-order valence-corrected chi connectivity index (χ1v) is 7.13. The van der Waals surface area contributed by atoms with E-state index in [-0.39, 0.29) is 11.6 Å². The molecule has 1 aromatic carbocycles. The molecule has 2 heterocycles. The smallest absolute Gasteiger partial charge is 0.316 e. The number of imidazole rings is 1. The number of nitrogens with one attached hydrogen (secondary N) is 2. The molecule has 1 amide bonds. The summed E-state index contributed by atoms with van der Waals surface area (Å²) >= 11 is 0. The number of carbonyl (C=O) groups is 1. The number of benzene rings is 1. The van der Waals surface area contributed by atoms with Gasteiger partial charge in [0.2, 0.25) is 0 Å². The highest BCUT2D eigenvalue weighted by molar-refractivity contribution is 5.83. The number of amides is 1. The van der Waals surface area contributed by atoms with Gasteiger partial charge in [0.05, 0.1) is 6.20 Å². The monoisotopic (exact) mass is 332 g/mol. The third-order valence-electron chi connectivity index (χ3n) is 3.53. The van der Waals surface area contributed by atoms with Gasteiger partial charge in [-0.15, -0.1) is 0 Å². The van der Waals surface area contributed by atoms with Crippen LogP contribution in [0.2, 0.25) is 0 Å². The van der Waals surface area contributed by atoms with Crippen LogP contribution in [-0.4, -0.2) is 22.5 Å². The Balaban J connectivity index is 2.02. The first-order chi connectivity index (χ1) is 11.6. The van der Waals surface area contributed by atoms with E-state index in [0.717, 1.165) is 11.1 Å². The summed E-state index contributed by atoms with van der Waals surface area (Å²) in [6.07, 6.45) is 2.01. The second-order valence-electron chi connectivity index (χ2n) is 5.10. The van der Waals surface area contributed by atoms with Gasteiger partial charge in [0, 0.05) is 22.8 Å². The molecular weight excluding hydrogens is 318 g/mol. The number of hydrogen-bond acceptors (Lipinski definition) is 4. The molecule has 0 radical (unpaired) electrons. The van der Waals surface area contributed by atoms with Crippen LogP contribution < -0.4 is 10.6 Å². The SMILES string of the molecule is CNCc1c(F)cccc1-c1ccc2nc(NC(=O)OF)cn2c1. The van der Waals surface area contributed by atoms with Crippen molar-refractivity contribution >= 4 is 17.6 Å². The molecule has 124 valence electrons. The van der Waals surface area contributed by atoms with E-state index in [1.165, 1.54) is 12.3 Å². The van der Waals surface area contributed by atoms with Gasteiger partial charge in [0.1, 0.15) is 11.5 Å². The second-order valence-corrected chi connectivity index (χ2v) is 5.10. The third-order valence-corrected chi connectivity index (χ3v) is 3.53. The van der Waals surface area contributed by atoms with Gasteiger partial charge in [-0.3, -0.25) is 5.32 Å². The average Bonchev–Trinajstić information content (AvgIpc) is 2.98. The zero-order valence-corrected chi connectivity index (χ0v) is 12.7. The molecule has 0 saturated heterocycles. The lowest BCUT2D eigenvalue weighted by molar-refractivity contribution is -0.0544. The Hall–Kier alpha value is -3.00. The highest BCUT2D eigenvalue weighted by atomic mass is 19.3. The Morgan fingerprint density at radius 3 is 2.88 bits per heavy atom. The lowest BCUT2D eigenvalue weighted by atomic mass is 10.0. The maximum Gasteiger partial charge on any atom is 0.450 e. The number of hydrogen-bond donors (Lipinski definition) is 2. The minimum absolute atomic E-state index is 0.143. The van der Waals surface area contributed by atoms with Crippen LogP contribution in [0, 0.1) is 5.82 Å². The van der Waals surface area contributed by atoms with E-state index in [1.807, 2.05) is 6.07 Å². The summed E-state index contributed by atoms with van der Waals surface area (Å²) in [5.41, 5.74) is 2.63. The Morgan fingerprint density at radius 2 is 2.12 bits per heavy atom. The fourth-order valence-corrected chi connectivity index (χ4v) is 2.52. The van der Waals surface area contributed by atoms with Crippen LogP contribution in [0.15, 0.2) is 42.7 Å². The van der Waals surface area contributed by atoms with E-state index in [4.69, 9.17) is 0 Å². The molecule has 0 unspecified atom stereocenters. The van der Waals surface area contributed by atoms with E-state index in [9.17, 15) is 13.7 Å². The lowest BCUT2D eigenvalue weighted by Crippen LogP contribution is -2.09. The maximum absolute atomic E-state index is 14.1. The zero-order valence-electron chi connectivity index (χ0n) is 12.7. The first-order valence-electron chi connectivity index (χ1n) is 7.13. The fraction of sp³-hybridized carbons (Fsp3) is 0.125. The molecule has 0 atom stereocenters. The molecule has 6 nitrogen and oxygen atoms in total. The predicted molar refractivity (Wildman–Crippen MR) is 84.6 cm³/mol. The van der Waals surface area contributed by atoms with Crippen molar-refractivity contribution in [2.24, 2.45) is 0 Å². The van der Waals surface area contributed by atoms with Gasteiger partial charge in [0.15, 0.2) is 5.82 Å². The van der Waals surface area contributed by atoms with Crippen LogP contribution in [0.3, 0.4) is 0 Å². The minimum atomic E-state index is -1.25. The van der Waals surface area contributed by atoms with Crippen LogP contribution in [0.25, 0.3) is 16.8 Å². The minimum Gasteiger partial charge on any atom is -0.316 e. The first kappa shape index (κ1) is 15.9. The Labute approximate surface area is 136 Å². The third kappa shape index (κ3) is 3.04. The molecule has 3 aromatic rings. The molecule has 24 heavy (non-hydrogen) atoms. The van der Waals surface area contributed by atoms with Gasteiger partial charge >= 0.3 is 6.09 Å². The molecule has 0 aliphatic heterocycles. The van der Waals surface area contributed by atoms with Gasteiger partial charge < -0.3 is 9.72 Å². The van der Waals surface area contributed by atoms with Crippen molar-refractivity contribution in [1.29, 1.82) is 0 Å². The molecule has 3 rings (SSSR count). The van der Waals surface area contributed by atoms with Gasteiger partial charge in [-0.2, -0.15) is 0 Å². The van der Waals surface area contributed by atoms with E-state index >= 15 is 0 Å². The second kappa shape index (κ2) is 6.63.